The number of methoxy groups -OCH3 is 2. The third-order valence-corrected chi connectivity index (χ3v) is 1.73. The van der Waals surface area contributed by atoms with Gasteiger partial charge in [-0.1, -0.05) is 0 Å². The highest BCUT2D eigenvalue weighted by Crippen LogP contribution is 2.31. The van der Waals surface area contributed by atoms with E-state index in [4.69, 9.17) is 14.2 Å². The Labute approximate surface area is 84.6 Å². The first-order valence-corrected chi connectivity index (χ1v) is 4.56. The number of ether oxygens (including phenoxy) is 3. The molecule has 78 valence electrons. The third kappa shape index (κ3) is 2.55. The Morgan fingerprint density at radius 2 is 1.71 bits per heavy atom. The monoisotopic (exact) mass is 196 g/mol. The average Bonchev–Trinajstić information content (AvgIpc) is 2.17. The Balaban J connectivity index is 2.93. The maximum absolute atomic E-state index is 5.56. The molecule has 1 rings (SSSR count). The fourth-order valence-corrected chi connectivity index (χ4v) is 1.13. The molecule has 0 heterocycles. The van der Waals surface area contributed by atoms with Crippen molar-refractivity contribution in [2.75, 3.05) is 14.2 Å². The molecular weight excluding hydrogens is 180 g/mol. The highest BCUT2D eigenvalue weighted by Gasteiger charge is 2.07. The summed E-state index contributed by atoms with van der Waals surface area (Å²) in [6.45, 7) is 3.95. The van der Waals surface area contributed by atoms with Crippen molar-refractivity contribution < 1.29 is 14.2 Å². The van der Waals surface area contributed by atoms with E-state index < -0.39 is 0 Å². The fourth-order valence-electron chi connectivity index (χ4n) is 1.13. The van der Waals surface area contributed by atoms with Crippen LogP contribution in [-0.4, -0.2) is 20.3 Å². The molecule has 0 saturated carbocycles. The van der Waals surface area contributed by atoms with E-state index in [1.54, 1.807) is 20.3 Å². The highest BCUT2D eigenvalue weighted by atomic mass is 16.5. The molecule has 0 radical (unpaired) electrons. The standard InChI is InChI=1S/C11H16O3/c1-8(2)14-10-6-5-9(12-3)7-11(10)13-4/h5-8H,1-4H3. The Bertz CT molecular complexity index is 295. The van der Waals surface area contributed by atoms with Crippen LogP contribution in [-0.2, 0) is 0 Å². The van der Waals surface area contributed by atoms with E-state index in [2.05, 4.69) is 0 Å². The first-order chi connectivity index (χ1) is 6.67. The molecule has 0 unspecified atom stereocenters. The van der Waals surface area contributed by atoms with Crippen molar-refractivity contribution in [3.63, 3.8) is 0 Å². The molecule has 0 aliphatic carbocycles. The van der Waals surface area contributed by atoms with Crippen molar-refractivity contribution in [3.05, 3.63) is 18.2 Å². The lowest BCUT2D eigenvalue weighted by molar-refractivity contribution is 0.229. The lowest BCUT2D eigenvalue weighted by Crippen LogP contribution is -2.06. The van der Waals surface area contributed by atoms with Crippen molar-refractivity contribution in [2.45, 2.75) is 20.0 Å². The number of hydrogen-bond donors (Lipinski definition) is 0. The van der Waals surface area contributed by atoms with E-state index in [1.807, 2.05) is 26.0 Å². The Kier molecular flexibility index (Phi) is 3.63. The molecule has 0 saturated heterocycles. The van der Waals surface area contributed by atoms with Crippen molar-refractivity contribution >= 4 is 0 Å². The van der Waals surface area contributed by atoms with Gasteiger partial charge in [-0.15, -0.1) is 0 Å². The van der Waals surface area contributed by atoms with Gasteiger partial charge in [-0.05, 0) is 26.0 Å². The van der Waals surface area contributed by atoms with Gasteiger partial charge in [-0.25, -0.2) is 0 Å². The molecule has 0 N–H and O–H groups in total. The topological polar surface area (TPSA) is 27.7 Å². The summed E-state index contributed by atoms with van der Waals surface area (Å²) in [7, 11) is 3.24. The van der Waals surface area contributed by atoms with E-state index in [0.717, 1.165) is 11.5 Å². The van der Waals surface area contributed by atoms with E-state index in [-0.39, 0.29) is 6.10 Å². The van der Waals surface area contributed by atoms with Gasteiger partial charge in [0.2, 0.25) is 0 Å². The van der Waals surface area contributed by atoms with Gasteiger partial charge in [0.05, 0.1) is 20.3 Å². The molecule has 3 nitrogen and oxygen atoms in total. The van der Waals surface area contributed by atoms with Gasteiger partial charge < -0.3 is 14.2 Å². The lowest BCUT2D eigenvalue weighted by atomic mass is 10.3. The molecule has 0 amide bonds. The molecule has 14 heavy (non-hydrogen) atoms. The van der Waals surface area contributed by atoms with Crippen LogP contribution in [0.25, 0.3) is 0 Å². The van der Waals surface area contributed by atoms with Gasteiger partial charge in [0.1, 0.15) is 5.75 Å². The summed E-state index contributed by atoms with van der Waals surface area (Å²) in [6.07, 6.45) is 0.136. The summed E-state index contributed by atoms with van der Waals surface area (Å²) in [5.74, 6) is 2.19. The normalized spacial score (nSPS) is 10.1. The van der Waals surface area contributed by atoms with Crippen LogP contribution >= 0.6 is 0 Å². The maximum atomic E-state index is 5.56. The average molecular weight is 196 g/mol. The molecule has 1 aromatic carbocycles. The SMILES string of the molecule is COc1ccc(OC(C)C)c(OC)c1. The van der Waals surface area contributed by atoms with E-state index >= 15 is 0 Å². The van der Waals surface area contributed by atoms with E-state index in [1.165, 1.54) is 0 Å². The number of rotatable bonds is 4. The Hall–Kier alpha value is -1.38. The fraction of sp³-hybridized carbons (Fsp3) is 0.455. The molecule has 1 aromatic rings. The van der Waals surface area contributed by atoms with Crippen molar-refractivity contribution in [1.29, 1.82) is 0 Å². The van der Waals surface area contributed by atoms with Gasteiger partial charge in [-0.2, -0.15) is 0 Å². The van der Waals surface area contributed by atoms with Crippen molar-refractivity contribution in [2.24, 2.45) is 0 Å². The predicted molar refractivity (Wildman–Crippen MR) is 55.3 cm³/mol. The summed E-state index contributed by atoms with van der Waals surface area (Å²) in [5, 5.41) is 0. The first-order valence-electron chi connectivity index (χ1n) is 4.56. The van der Waals surface area contributed by atoms with Crippen LogP contribution in [0.15, 0.2) is 18.2 Å². The first kappa shape index (κ1) is 10.7. The second-order valence-corrected chi connectivity index (χ2v) is 3.18. The van der Waals surface area contributed by atoms with Crippen LogP contribution in [0.2, 0.25) is 0 Å². The van der Waals surface area contributed by atoms with Crippen LogP contribution in [0, 0.1) is 0 Å². The van der Waals surface area contributed by atoms with Crippen LogP contribution in [0.4, 0.5) is 0 Å². The summed E-state index contributed by atoms with van der Waals surface area (Å²) in [5.41, 5.74) is 0. The van der Waals surface area contributed by atoms with E-state index in [0.29, 0.717) is 5.75 Å². The molecule has 3 heteroatoms. The molecule has 0 aromatic heterocycles. The zero-order valence-corrected chi connectivity index (χ0v) is 9.03. The minimum Gasteiger partial charge on any atom is -0.497 e. The maximum Gasteiger partial charge on any atom is 0.164 e. The van der Waals surface area contributed by atoms with Gasteiger partial charge in [0.15, 0.2) is 11.5 Å². The molecular formula is C11H16O3. The van der Waals surface area contributed by atoms with Crippen molar-refractivity contribution in [1.82, 2.24) is 0 Å². The molecule has 0 atom stereocenters. The zero-order chi connectivity index (χ0) is 10.6. The molecule has 0 aliphatic heterocycles. The number of benzene rings is 1. The summed E-state index contributed by atoms with van der Waals surface area (Å²) in [4.78, 5) is 0. The van der Waals surface area contributed by atoms with Gasteiger partial charge in [0.25, 0.3) is 0 Å². The van der Waals surface area contributed by atoms with Gasteiger partial charge in [0, 0.05) is 6.07 Å². The highest BCUT2D eigenvalue weighted by molar-refractivity contribution is 5.45. The molecule has 0 fully saturated rings. The molecule has 0 aliphatic rings. The molecule has 0 bridgehead atoms. The predicted octanol–water partition coefficient (Wildman–Crippen LogP) is 2.49. The Morgan fingerprint density at radius 3 is 2.21 bits per heavy atom. The summed E-state index contributed by atoms with van der Waals surface area (Å²) >= 11 is 0. The van der Waals surface area contributed by atoms with Gasteiger partial charge >= 0.3 is 0 Å². The largest absolute Gasteiger partial charge is 0.497 e. The van der Waals surface area contributed by atoms with Crippen LogP contribution in [0.5, 0.6) is 17.2 Å². The minimum absolute atomic E-state index is 0.136. The summed E-state index contributed by atoms with van der Waals surface area (Å²) < 4.78 is 15.8. The van der Waals surface area contributed by atoms with E-state index in [9.17, 15) is 0 Å². The van der Waals surface area contributed by atoms with Crippen molar-refractivity contribution in [3.8, 4) is 17.2 Å². The smallest absolute Gasteiger partial charge is 0.164 e. The minimum atomic E-state index is 0.136. The zero-order valence-electron chi connectivity index (χ0n) is 9.03. The molecule has 0 spiro atoms. The Morgan fingerprint density at radius 1 is 1.00 bits per heavy atom. The summed E-state index contributed by atoms with van der Waals surface area (Å²) in [6, 6.07) is 5.50. The second kappa shape index (κ2) is 4.74. The van der Waals surface area contributed by atoms with Crippen LogP contribution in [0.3, 0.4) is 0 Å². The third-order valence-electron chi connectivity index (χ3n) is 1.73. The van der Waals surface area contributed by atoms with Crippen LogP contribution in [0.1, 0.15) is 13.8 Å². The second-order valence-electron chi connectivity index (χ2n) is 3.18. The quantitative estimate of drug-likeness (QED) is 0.740. The lowest BCUT2D eigenvalue weighted by Gasteiger charge is -2.13. The van der Waals surface area contributed by atoms with Crippen LogP contribution < -0.4 is 14.2 Å². The van der Waals surface area contributed by atoms with Gasteiger partial charge in [-0.3, -0.25) is 0 Å². The number of hydrogen-bond acceptors (Lipinski definition) is 3.